The minimum Gasteiger partial charge on any atom is -0.490 e. The molecule has 0 heterocycles. The van der Waals surface area contributed by atoms with E-state index >= 15 is 0 Å². The summed E-state index contributed by atoms with van der Waals surface area (Å²) in [6.07, 6.45) is 0. The van der Waals surface area contributed by atoms with E-state index in [-0.39, 0.29) is 29.9 Å². The van der Waals surface area contributed by atoms with E-state index in [2.05, 4.69) is 5.32 Å². The predicted octanol–water partition coefficient (Wildman–Crippen LogP) is 1.71. The SMILES string of the molecule is CC(C)[C@H](NC(=O)c1ccccc1)C(=O)OCCOc1ccc(S(N)(=O)=O)cc1. The van der Waals surface area contributed by atoms with Crippen molar-refractivity contribution in [1.29, 1.82) is 0 Å². The Morgan fingerprint density at radius 3 is 2.17 bits per heavy atom. The number of primary sulfonamides is 1. The van der Waals surface area contributed by atoms with Crippen molar-refractivity contribution in [3.8, 4) is 5.75 Å². The second-order valence-corrected chi connectivity index (χ2v) is 8.15. The van der Waals surface area contributed by atoms with Crippen molar-refractivity contribution in [2.75, 3.05) is 13.2 Å². The third-order valence-corrected chi connectivity index (χ3v) is 4.92. The third kappa shape index (κ3) is 6.88. The Bertz CT molecular complexity index is 927. The number of esters is 1. The Kier molecular flexibility index (Phi) is 7.74. The van der Waals surface area contributed by atoms with Crippen LogP contribution in [-0.2, 0) is 19.6 Å². The van der Waals surface area contributed by atoms with Crippen LogP contribution in [-0.4, -0.2) is 39.5 Å². The van der Waals surface area contributed by atoms with Crippen molar-refractivity contribution in [1.82, 2.24) is 5.32 Å². The summed E-state index contributed by atoms with van der Waals surface area (Å²) in [6, 6.07) is 13.4. The van der Waals surface area contributed by atoms with Gasteiger partial charge < -0.3 is 14.8 Å². The van der Waals surface area contributed by atoms with Gasteiger partial charge in [-0.05, 0) is 42.3 Å². The molecule has 0 radical (unpaired) electrons. The van der Waals surface area contributed by atoms with Crippen LogP contribution in [0.15, 0.2) is 59.5 Å². The average Bonchev–Trinajstić information content (AvgIpc) is 2.69. The van der Waals surface area contributed by atoms with Gasteiger partial charge in [0.05, 0.1) is 4.90 Å². The highest BCUT2D eigenvalue weighted by Crippen LogP contribution is 2.15. The predicted molar refractivity (Wildman–Crippen MR) is 107 cm³/mol. The van der Waals surface area contributed by atoms with Crippen molar-refractivity contribution in [2.24, 2.45) is 11.1 Å². The first-order valence-electron chi connectivity index (χ1n) is 8.96. The molecule has 0 bridgehead atoms. The lowest BCUT2D eigenvalue weighted by molar-refractivity contribution is -0.147. The fraction of sp³-hybridized carbons (Fsp3) is 0.300. The van der Waals surface area contributed by atoms with Crippen molar-refractivity contribution < 1.29 is 27.5 Å². The van der Waals surface area contributed by atoms with E-state index in [1.807, 2.05) is 0 Å². The number of rotatable bonds is 9. The lowest BCUT2D eigenvalue weighted by Crippen LogP contribution is -2.45. The maximum atomic E-state index is 12.3. The zero-order valence-electron chi connectivity index (χ0n) is 16.2. The maximum absolute atomic E-state index is 12.3. The fourth-order valence-corrected chi connectivity index (χ4v) is 2.94. The molecule has 8 nitrogen and oxygen atoms in total. The number of nitrogens with two attached hydrogens (primary N) is 1. The van der Waals surface area contributed by atoms with Crippen molar-refractivity contribution >= 4 is 21.9 Å². The van der Waals surface area contributed by atoms with Crippen LogP contribution in [0, 0.1) is 5.92 Å². The summed E-state index contributed by atoms with van der Waals surface area (Å²) in [6.45, 7) is 3.65. The van der Waals surface area contributed by atoms with E-state index in [1.165, 1.54) is 24.3 Å². The first-order valence-corrected chi connectivity index (χ1v) is 10.5. The van der Waals surface area contributed by atoms with Crippen molar-refractivity contribution in [3.63, 3.8) is 0 Å². The summed E-state index contributed by atoms with van der Waals surface area (Å²) in [5.74, 6) is -0.669. The molecule has 0 saturated heterocycles. The van der Waals surface area contributed by atoms with E-state index < -0.39 is 22.0 Å². The smallest absolute Gasteiger partial charge is 0.329 e. The van der Waals surface area contributed by atoms with Gasteiger partial charge in [-0.15, -0.1) is 0 Å². The van der Waals surface area contributed by atoms with E-state index in [0.717, 1.165) is 0 Å². The van der Waals surface area contributed by atoms with Gasteiger partial charge in [-0.1, -0.05) is 32.0 Å². The molecule has 0 aliphatic carbocycles. The fourth-order valence-electron chi connectivity index (χ4n) is 2.43. The number of carbonyl (C=O) groups is 2. The largest absolute Gasteiger partial charge is 0.490 e. The molecular formula is C20H24N2O6S. The average molecular weight is 420 g/mol. The molecule has 1 atom stereocenters. The van der Waals surface area contributed by atoms with Gasteiger partial charge in [-0.25, -0.2) is 18.4 Å². The number of hydrogen-bond donors (Lipinski definition) is 2. The molecule has 0 aliphatic heterocycles. The van der Waals surface area contributed by atoms with Gasteiger partial charge >= 0.3 is 5.97 Å². The van der Waals surface area contributed by atoms with Crippen molar-refractivity contribution in [3.05, 3.63) is 60.2 Å². The molecule has 0 spiro atoms. The molecule has 0 aliphatic rings. The number of nitrogens with one attached hydrogen (secondary N) is 1. The standard InChI is InChI=1S/C20H24N2O6S/c1-14(2)18(22-19(23)15-6-4-3-5-7-15)20(24)28-13-12-27-16-8-10-17(11-9-16)29(21,25)26/h3-11,14,18H,12-13H2,1-2H3,(H,22,23)(H2,21,25,26)/t18-/m0/s1. The quantitative estimate of drug-likeness (QED) is 0.470. The second kappa shape index (κ2) is 10.0. The highest BCUT2D eigenvalue weighted by molar-refractivity contribution is 7.89. The molecule has 2 aromatic carbocycles. The summed E-state index contributed by atoms with van der Waals surface area (Å²) < 4.78 is 33.1. The number of carbonyl (C=O) groups excluding carboxylic acids is 2. The minimum atomic E-state index is -3.76. The van der Waals surface area contributed by atoms with E-state index in [1.54, 1.807) is 44.2 Å². The highest BCUT2D eigenvalue weighted by atomic mass is 32.2. The molecule has 29 heavy (non-hydrogen) atoms. The Balaban J connectivity index is 1.83. The molecule has 0 unspecified atom stereocenters. The van der Waals surface area contributed by atoms with E-state index in [9.17, 15) is 18.0 Å². The summed E-state index contributed by atoms with van der Waals surface area (Å²) in [5.41, 5.74) is 0.456. The molecule has 156 valence electrons. The number of amides is 1. The molecule has 0 fully saturated rings. The first kappa shape index (κ1) is 22.4. The zero-order chi connectivity index (χ0) is 21.4. The molecule has 3 N–H and O–H groups in total. The van der Waals surface area contributed by atoms with E-state index in [0.29, 0.717) is 11.3 Å². The number of ether oxygens (including phenoxy) is 2. The molecule has 1 amide bonds. The lowest BCUT2D eigenvalue weighted by Gasteiger charge is -2.21. The molecule has 0 aromatic heterocycles. The van der Waals surface area contributed by atoms with Gasteiger partial charge in [0.1, 0.15) is 25.0 Å². The van der Waals surface area contributed by atoms with Gasteiger partial charge in [0.15, 0.2) is 0 Å². The monoisotopic (exact) mass is 420 g/mol. The minimum absolute atomic E-state index is 0.0230. The molecular weight excluding hydrogens is 396 g/mol. The number of sulfonamides is 1. The Hall–Kier alpha value is -2.91. The number of hydrogen-bond acceptors (Lipinski definition) is 6. The van der Waals surface area contributed by atoms with Gasteiger partial charge in [-0.3, -0.25) is 4.79 Å². The van der Waals surface area contributed by atoms with Gasteiger partial charge in [0, 0.05) is 5.56 Å². The summed E-state index contributed by atoms with van der Waals surface area (Å²) in [5, 5.41) is 7.72. The van der Waals surface area contributed by atoms with Gasteiger partial charge in [0.25, 0.3) is 5.91 Å². The molecule has 2 aromatic rings. The summed E-state index contributed by atoms with van der Waals surface area (Å²) >= 11 is 0. The zero-order valence-corrected chi connectivity index (χ0v) is 17.0. The third-order valence-electron chi connectivity index (χ3n) is 3.99. The normalized spacial score (nSPS) is 12.3. The maximum Gasteiger partial charge on any atom is 0.329 e. The van der Waals surface area contributed by atoms with Crippen molar-refractivity contribution in [2.45, 2.75) is 24.8 Å². The van der Waals surface area contributed by atoms with E-state index in [4.69, 9.17) is 14.6 Å². The lowest BCUT2D eigenvalue weighted by atomic mass is 10.0. The van der Waals surface area contributed by atoms with Crippen LogP contribution in [0.5, 0.6) is 5.75 Å². The highest BCUT2D eigenvalue weighted by Gasteiger charge is 2.26. The van der Waals surface area contributed by atoms with Crippen LogP contribution in [0.4, 0.5) is 0 Å². The Morgan fingerprint density at radius 2 is 1.62 bits per heavy atom. The van der Waals surface area contributed by atoms with Crippen LogP contribution in [0.3, 0.4) is 0 Å². The summed E-state index contributed by atoms with van der Waals surface area (Å²) in [4.78, 5) is 24.6. The van der Waals surface area contributed by atoms with Crippen LogP contribution in [0.1, 0.15) is 24.2 Å². The second-order valence-electron chi connectivity index (χ2n) is 6.59. The van der Waals surface area contributed by atoms with Crippen LogP contribution >= 0.6 is 0 Å². The first-order chi connectivity index (χ1) is 13.7. The Labute approximate surface area is 170 Å². The number of benzene rings is 2. The van der Waals surface area contributed by atoms with Gasteiger partial charge in [-0.2, -0.15) is 0 Å². The van der Waals surface area contributed by atoms with Crippen LogP contribution in [0.2, 0.25) is 0 Å². The molecule has 0 saturated carbocycles. The topological polar surface area (TPSA) is 125 Å². The molecule has 9 heteroatoms. The van der Waals surface area contributed by atoms with Crippen LogP contribution in [0.25, 0.3) is 0 Å². The van der Waals surface area contributed by atoms with Gasteiger partial charge in [0.2, 0.25) is 10.0 Å². The molecule has 2 rings (SSSR count). The Morgan fingerprint density at radius 1 is 1.00 bits per heavy atom. The summed E-state index contributed by atoms with van der Waals surface area (Å²) in [7, 11) is -3.76. The van der Waals surface area contributed by atoms with Crippen LogP contribution < -0.4 is 15.2 Å².